The number of hydrogen-bond donors (Lipinski definition) is 1. The number of hydrogen-bond acceptors (Lipinski definition) is 3. The van der Waals surface area contributed by atoms with E-state index in [4.69, 9.17) is 5.10 Å². The summed E-state index contributed by atoms with van der Waals surface area (Å²) in [4.78, 5) is 2.16. The van der Waals surface area contributed by atoms with Gasteiger partial charge in [0.15, 0.2) is 0 Å². The van der Waals surface area contributed by atoms with Crippen molar-refractivity contribution < 1.29 is 0 Å². The van der Waals surface area contributed by atoms with Crippen LogP contribution in [0.2, 0.25) is 0 Å². The molecular weight excluding hydrogens is 294 g/mol. The van der Waals surface area contributed by atoms with Gasteiger partial charge < -0.3 is 10.3 Å². The lowest BCUT2D eigenvalue weighted by atomic mass is 9.96. The van der Waals surface area contributed by atoms with Crippen LogP contribution in [0.15, 0.2) is 59.4 Å². The summed E-state index contributed by atoms with van der Waals surface area (Å²) in [7, 11) is 4.19. The Bertz CT molecular complexity index is 607. The quantitative estimate of drug-likeness (QED) is 0.623. The van der Waals surface area contributed by atoms with Crippen LogP contribution in [0.5, 0.6) is 0 Å². The molecule has 1 aromatic carbocycles. The zero-order chi connectivity index (χ0) is 16.8. The van der Waals surface area contributed by atoms with Gasteiger partial charge in [-0.25, -0.2) is 0 Å². The van der Waals surface area contributed by atoms with Crippen LogP contribution in [0.4, 0.5) is 0 Å². The molecule has 1 aromatic rings. The van der Waals surface area contributed by atoms with Crippen LogP contribution in [-0.4, -0.2) is 30.7 Å². The van der Waals surface area contributed by atoms with Crippen molar-refractivity contribution in [2.24, 2.45) is 11.0 Å². The Hall–Kier alpha value is -2.03. The van der Waals surface area contributed by atoms with E-state index >= 15 is 0 Å². The molecule has 1 fully saturated rings. The summed E-state index contributed by atoms with van der Waals surface area (Å²) in [5, 5.41) is 4.84. The SMILES string of the molecule is CN(C)C1=CC(CC(=NNC2CCCCC2)c2ccccc2)C=C1. The average Bonchev–Trinajstić information content (AvgIpc) is 3.09. The lowest BCUT2D eigenvalue weighted by Gasteiger charge is -2.22. The lowest BCUT2D eigenvalue weighted by Crippen LogP contribution is -2.28. The molecule has 3 rings (SSSR count). The maximum absolute atomic E-state index is 4.84. The monoisotopic (exact) mass is 323 g/mol. The molecule has 0 heterocycles. The fourth-order valence-corrected chi connectivity index (χ4v) is 3.46. The van der Waals surface area contributed by atoms with Gasteiger partial charge in [-0.1, -0.05) is 61.7 Å². The van der Waals surface area contributed by atoms with Crippen molar-refractivity contribution >= 4 is 5.71 Å². The minimum Gasteiger partial charge on any atom is -0.378 e. The normalized spacial score (nSPS) is 21.7. The summed E-state index contributed by atoms with van der Waals surface area (Å²) in [6.45, 7) is 0. The predicted octanol–water partition coefficient (Wildman–Crippen LogP) is 4.33. The van der Waals surface area contributed by atoms with E-state index in [-0.39, 0.29) is 0 Å². The van der Waals surface area contributed by atoms with Gasteiger partial charge in [0.1, 0.15) is 0 Å². The van der Waals surface area contributed by atoms with Crippen molar-refractivity contribution in [3.63, 3.8) is 0 Å². The van der Waals surface area contributed by atoms with E-state index in [1.807, 2.05) is 0 Å². The van der Waals surface area contributed by atoms with E-state index in [1.54, 1.807) is 0 Å². The second-order valence-electron chi connectivity index (χ2n) is 7.10. The summed E-state index contributed by atoms with van der Waals surface area (Å²) >= 11 is 0. The first-order chi connectivity index (χ1) is 11.7. The Kier molecular flexibility index (Phi) is 5.73. The van der Waals surface area contributed by atoms with Crippen molar-refractivity contribution in [2.45, 2.75) is 44.6 Å². The number of nitrogens with zero attached hydrogens (tertiary/aromatic N) is 2. The van der Waals surface area contributed by atoms with Crippen molar-refractivity contribution in [3.05, 3.63) is 59.8 Å². The van der Waals surface area contributed by atoms with E-state index in [0.29, 0.717) is 12.0 Å². The largest absolute Gasteiger partial charge is 0.378 e. The minimum atomic E-state index is 0.425. The van der Waals surface area contributed by atoms with Gasteiger partial charge in [0.2, 0.25) is 0 Å². The van der Waals surface area contributed by atoms with Crippen molar-refractivity contribution in [1.82, 2.24) is 10.3 Å². The number of nitrogens with one attached hydrogen (secondary N) is 1. The van der Waals surface area contributed by atoms with Crippen molar-refractivity contribution in [2.75, 3.05) is 14.1 Å². The Labute approximate surface area is 146 Å². The summed E-state index contributed by atoms with van der Waals surface area (Å²) in [5.41, 5.74) is 7.13. The Morgan fingerprint density at radius 3 is 2.54 bits per heavy atom. The molecule has 0 radical (unpaired) electrons. The van der Waals surface area contributed by atoms with Crippen molar-refractivity contribution in [3.8, 4) is 0 Å². The molecule has 0 amide bonds. The highest BCUT2D eigenvalue weighted by Crippen LogP contribution is 2.23. The standard InChI is InChI=1S/C21H29N3/c1-24(2)20-14-13-17(15-20)16-21(18-9-5-3-6-10-18)23-22-19-11-7-4-8-12-19/h3,5-6,9-10,13-15,17,19,22H,4,7-8,11-12,16H2,1-2H3. The van der Waals surface area contributed by atoms with Crippen molar-refractivity contribution in [1.29, 1.82) is 0 Å². The van der Waals surface area contributed by atoms with Gasteiger partial charge in [-0.2, -0.15) is 5.10 Å². The van der Waals surface area contributed by atoms with Crippen LogP contribution < -0.4 is 5.43 Å². The first-order valence-corrected chi connectivity index (χ1v) is 9.17. The second kappa shape index (κ2) is 8.18. The molecule has 3 nitrogen and oxygen atoms in total. The molecule has 1 N–H and O–H groups in total. The lowest BCUT2D eigenvalue weighted by molar-refractivity contribution is 0.380. The minimum absolute atomic E-state index is 0.425. The topological polar surface area (TPSA) is 27.6 Å². The van der Waals surface area contributed by atoms with Crippen LogP contribution in [0.25, 0.3) is 0 Å². The van der Waals surface area contributed by atoms with E-state index in [1.165, 1.54) is 43.4 Å². The highest BCUT2D eigenvalue weighted by atomic mass is 15.3. The highest BCUT2D eigenvalue weighted by Gasteiger charge is 2.16. The Morgan fingerprint density at radius 2 is 1.88 bits per heavy atom. The van der Waals surface area contributed by atoms with Gasteiger partial charge in [0.05, 0.1) is 5.71 Å². The van der Waals surface area contributed by atoms with Gasteiger partial charge in [-0.3, -0.25) is 0 Å². The Morgan fingerprint density at radius 1 is 1.12 bits per heavy atom. The molecule has 0 aliphatic heterocycles. The zero-order valence-electron chi connectivity index (χ0n) is 14.9. The third kappa shape index (κ3) is 4.50. The van der Waals surface area contributed by atoms with E-state index < -0.39 is 0 Å². The molecule has 128 valence electrons. The molecule has 1 saturated carbocycles. The number of rotatable bonds is 6. The summed E-state index contributed by atoms with van der Waals surface area (Å²) in [5.74, 6) is 0.425. The molecule has 2 aliphatic rings. The number of likely N-dealkylation sites (N-methyl/N-ethyl adjacent to an activating group) is 1. The van der Waals surface area contributed by atoms with Crippen LogP contribution in [-0.2, 0) is 0 Å². The van der Waals surface area contributed by atoms with Crippen LogP contribution in [0, 0.1) is 5.92 Å². The molecule has 0 spiro atoms. The number of allylic oxidation sites excluding steroid dienone is 3. The summed E-state index contributed by atoms with van der Waals surface area (Å²) in [6.07, 6.45) is 14.3. The molecule has 24 heavy (non-hydrogen) atoms. The second-order valence-corrected chi connectivity index (χ2v) is 7.10. The van der Waals surface area contributed by atoms with Gasteiger partial charge in [0, 0.05) is 38.2 Å². The summed E-state index contributed by atoms with van der Waals surface area (Å²) in [6, 6.07) is 11.1. The zero-order valence-corrected chi connectivity index (χ0v) is 14.9. The van der Waals surface area contributed by atoms with Gasteiger partial charge in [0.25, 0.3) is 0 Å². The highest BCUT2D eigenvalue weighted by molar-refractivity contribution is 6.00. The fraction of sp³-hybridized carbons (Fsp3) is 0.476. The first-order valence-electron chi connectivity index (χ1n) is 9.17. The molecule has 1 unspecified atom stereocenters. The number of benzene rings is 1. The molecule has 3 heteroatoms. The van der Waals surface area contributed by atoms with Crippen LogP contribution in [0.1, 0.15) is 44.1 Å². The van der Waals surface area contributed by atoms with Crippen LogP contribution >= 0.6 is 0 Å². The van der Waals surface area contributed by atoms with E-state index in [0.717, 1.165) is 12.1 Å². The maximum Gasteiger partial charge on any atom is 0.0684 e. The van der Waals surface area contributed by atoms with E-state index in [9.17, 15) is 0 Å². The Balaban J connectivity index is 1.72. The summed E-state index contributed by atoms with van der Waals surface area (Å²) < 4.78 is 0. The van der Waals surface area contributed by atoms with E-state index in [2.05, 4.69) is 73.0 Å². The molecule has 0 saturated heterocycles. The van der Waals surface area contributed by atoms with Gasteiger partial charge >= 0.3 is 0 Å². The molecule has 1 atom stereocenters. The van der Waals surface area contributed by atoms with Gasteiger partial charge in [-0.05, 0) is 24.5 Å². The fourth-order valence-electron chi connectivity index (χ4n) is 3.46. The smallest absolute Gasteiger partial charge is 0.0684 e. The van der Waals surface area contributed by atoms with Gasteiger partial charge in [-0.15, -0.1) is 0 Å². The molecule has 2 aliphatic carbocycles. The van der Waals surface area contributed by atoms with Crippen LogP contribution in [0.3, 0.4) is 0 Å². The molecular formula is C21H29N3. The predicted molar refractivity (Wildman–Crippen MR) is 102 cm³/mol. The average molecular weight is 323 g/mol. The molecule has 0 bridgehead atoms. The molecule has 0 aromatic heterocycles. The third-order valence-corrected chi connectivity index (χ3v) is 4.94. The number of hydrazone groups is 1. The first kappa shape index (κ1) is 16.8. The maximum atomic E-state index is 4.84. The third-order valence-electron chi connectivity index (χ3n) is 4.94.